The Bertz CT molecular complexity index is 795. The molecule has 0 spiro atoms. The van der Waals surface area contributed by atoms with Gasteiger partial charge in [-0.05, 0) is 39.7 Å². The van der Waals surface area contributed by atoms with Crippen molar-refractivity contribution in [2.75, 3.05) is 0 Å². The molecular weight excluding hydrogens is 335 g/mol. The lowest BCUT2D eigenvalue weighted by Crippen LogP contribution is -2.21. The van der Waals surface area contributed by atoms with Gasteiger partial charge in [-0.15, -0.1) is 0 Å². The van der Waals surface area contributed by atoms with Crippen molar-refractivity contribution in [3.8, 4) is 11.8 Å². The van der Waals surface area contributed by atoms with Crippen molar-refractivity contribution in [2.45, 2.75) is 5.92 Å². The molecule has 2 aromatic carbocycles. The number of fused-ring (bicyclic) bond motifs is 1. The zero-order chi connectivity index (χ0) is 15.0. The van der Waals surface area contributed by atoms with Gasteiger partial charge >= 0.3 is 0 Å². The molecule has 104 valence electrons. The molecule has 1 heterocycles. The van der Waals surface area contributed by atoms with Crippen molar-refractivity contribution in [1.29, 1.82) is 5.26 Å². The molecule has 0 saturated carbocycles. The standard InChI is InChI=1S/C16H10BrFN2O/c17-12-7-9(5-6-13(12)18)15-10-3-1-2-4-14(10)21-16(20)11(15)8-19/h1-7,15H,20H2/t15-/m1/s1. The Morgan fingerprint density at radius 1 is 1.24 bits per heavy atom. The van der Waals surface area contributed by atoms with Crippen LogP contribution in [0.25, 0.3) is 0 Å². The largest absolute Gasteiger partial charge is 0.440 e. The lowest BCUT2D eigenvalue weighted by Gasteiger charge is -2.26. The van der Waals surface area contributed by atoms with E-state index in [2.05, 4.69) is 22.0 Å². The second kappa shape index (κ2) is 5.23. The number of hydrogen-bond donors (Lipinski definition) is 1. The van der Waals surface area contributed by atoms with E-state index in [1.54, 1.807) is 18.2 Å². The molecule has 1 atom stereocenters. The van der Waals surface area contributed by atoms with Gasteiger partial charge < -0.3 is 10.5 Å². The third-order valence-electron chi connectivity index (χ3n) is 3.40. The fourth-order valence-electron chi connectivity index (χ4n) is 2.44. The average Bonchev–Trinajstić information content (AvgIpc) is 2.48. The Hall–Kier alpha value is -2.32. The number of nitrogens with zero attached hydrogens (tertiary/aromatic N) is 1. The number of allylic oxidation sites excluding steroid dienone is 1. The summed E-state index contributed by atoms with van der Waals surface area (Å²) in [6.45, 7) is 0. The fraction of sp³-hybridized carbons (Fsp3) is 0.0625. The number of ether oxygens (including phenoxy) is 1. The Labute approximate surface area is 129 Å². The van der Waals surface area contributed by atoms with Gasteiger partial charge in [0.1, 0.15) is 23.2 Å². The third kappa shape index (κ3) is 2.28. The van der Waals surface area contributed by atoms with Gasteiger partial charge in [0.25, 0.3) is 0 Å². The maximum absolute atomic E-state index is 13.4. The van der Waals surface area contributed by atoms with Crippen molar-refractivity contribution < 1.29 is 9.13 Å². The Balaban J connectivity index is 2.23. The fourth-order valence-corrected chi connectivity index (χ4v) is 2.84. The summed E-state index contributed by atoms with van der Waals surface area (Å²) in [5.74, 6) is -0.0208. The first kappa shape index (κ1) is 13.7. The third-order valence-corrected chi connectivity index (χ3v) is 4.01. The number of benzene rings is 2. The number of halogens is 2. The molecule has 0 radical (unpaired) electrons. The van der Waals surface area contributed by atoms with E-state index in [0.29, 0.717) is 15.8 Å². The van der Waals surface area contributed by atoms with Gasteiger partial charge in [0.05, 0.1) is 10.4 Å². The van der Waals surface area contributed by atoms with E-state index < -0.39 is 0 Å². The Morgan fingerprint density at radius 3 is 2.71 bits per heavy atom. The molecule has 0 bridgehead atoms. The number of nitriles is 1. The molecule has 0 aliphatic carbocycles. The molecule has 5 heteroatoms. The molecule has 0 saturated heterocycles. The number of hydrogen-bond acceptors (Lipinski definition) is 3. The van der Waals surface area contributed by atoms with Gasteiger partial charge in [-0.2, -0.15) is 5.26 Å². The van der Waals surface area contributed by atoms with Gasteiger partial charge in [0.2, 0.25) is 5.88 Å². The normalized spacial score (nSPS) is 16.9. The van der Waals surface area contributed by atoms with E-state index in [-0.39, 0.29) is 17.6 Å². The maximum atomic E-state index is 13.4. The van der Waals surface area contributed by atoms with Crippen LogP contribution in [0.5, 0.6) is 5.75 Å². The highest BCUT2D eigenvalue weighted by Gasteiger charge is 2.30. The van der Waals surface area contributed by atoms with Gasteiger partial charge in [-0.25, -0.2) is 4.39 Å². The van der Waals surface area contributed by atoms with Crippen LogP contribution in [-0.4, -0.2) is 0 Å². The highest BCUT2D eigenvalue weighted by Crippen LogP contribution is 2.42. The minimum Gasteiger partial charge on any atom is -0.440 e. The van der Waals surface area contributed by atoms with E-state index in [0.717, 1.165) is 11.1 Å². The van der Waals surface area contributed by atoms with E-state index in [9.17, 15) is 9.65 Å². The van der Waals surface area contributed by atoms with Gasteiger partial charge in [-0.3, -0.25) is 0 Å². The number of rotatable bonds is 1. The monoisotopic (exact) mass is 344 g/mol. The SMILES string of the molecule is N#CC1=C(N)Oc2ccccc2[C@H]1c1ccc(F)c(Br)c1. The second-order valence-electron chi connectivity index (χ2n) is 4.64. The Morgan fingerprint density at radius 2 is 2.00 bits per heavy atom. The molecule has 2 N–H and O–H groups in total. The van der Waals surface area contributed by atoms with Crippen LogP contribution in [0.3, 0.4) is 0 Å². The van der Waals surface area contributed by atoms with Crippen molar-refractivity contribution in [2.24, 2.45) is 5.73 Å². The van der Waals surface area contributed by atoms with Crippen LogP contribution < -0.4 is 10.5 Å². The molecule has 0 fully saturated rings. The maximum Gasteiger partial charge on any atom is 0.205 e. The summed E-state index contributed by atoms with van der Waals surface area (Å²) < 4.78 is 19.3. The minimum atomic E-state index is -0.364. The minimum absolute atomic E-state index is 0.0849. The molecule has 0 unspecified atom stereocenters. The molecular formula is C16H10BrFN2O. The van der Waals surface area contributed by atoms with Gasteiger partial charge in [0, 0.05) is 5.56 Å². The van der Waals surface area contributed by atoms with Crippen LogP contribution >= 0.6 is 15.9 Å². The molecule has 2 aromatic rings. The van der Waals surface area contributed by atoms with Gasteiger partial charge in [0.15, 0.2) is 0 Å². The summed E-state index contributed by atoms with van der Waals surface area (Å²) in [5, 5.41) is 9.39. The quantitative estimate of drug-likeness (QED) is 0.855. The zero-order valence-electron chi connectivity index (χ0n) is 10.8. The molecule has 0 amide bonds. The molecule has 0 aromatic heterocycles. The van der Waals surface area contributed by atoms with Crippen molar-refractivity contribution >= 4 is 15.9 Å². The highest BCUT2D eigenvalue weighted by atomic mass is 79.9. The predicted octanol–water partition coefficient (Wildman–Crippen LogP) is 3.81. The van der Waals surface area contributed by atoms with Crippen molar-refractivity contribution in [3.63, 3.8) is 0 Å². The summed E-state index contributed by atoms with van der Waals surface area (Å²) in [7, 11) is 0. The van der Waals surface area contributed by atoms with Crippen molar-refractivity contribution in [1.82, 2.24) is 0 Å². The number of nitrogens with two attached hydrogens (primary N) is 1. The molecule has 21 heavy (non-hydrogen) atoms. The summed E-state index contributed by atoms with van der Waals surface area (Å²) in [4.78, 5) is 0. The van der Waals surface area contributed by atoms with E-state index in [1.165, 1.54) is 6.07 Å². The van der Waals surface area contributed by atoms with Crippen LogP contribution in [0, 0.1) is 17.1 Å². The highest BCUT2D eigenvalue weighted by molar-refractivity contribution is 9.10. The zero-order valence-corrected chi connectivity index (χ0v) is 12.4. The molecule has 3 nitrogen and oxygen atoms in total. The summed E-state index contributed by atoms with van der Waals surface area (Å²) in [5.41, 5.74) is 7.79. The molecule has 1 aliphatic rings. The summed E-state index contributed by atoms with van der Waals surface area (Å²) in [6.07, 6.45) is 0. The first-order valence-corrected chi connectivity index (χ1v) is 7.02. The first-order valence-electron chi connectivity index (χ1n) is 6.23. The van der Waals surface area contributed by atoms with Crippen LogP contribution in [0.15, 0.2) is 58.4 Å². The Kier molecular flexibility index (Phi) is 3.40. The molecule has 1 aliphatic heterocycles. The van der Waals surface area contributed by atoms with E-state index in [1.807, 2.05) is 18.2 Å². The lowest BCUT2D eigenvalue weighted by molar-refractivity contribution is 0.393. The van der Waals surface area contributed by atoms with Gasteiger partial charge in [-0.1, -0.05) is 24.3 Å². The topological polar surface area (TPSA) is 59.0 Å². The van der Waals surface area contributed by atoms with E-state index >= 15 is 0 Å². The van der Waals surface area contributed by atoms with Crippen LogP contribution in [0.2, 0.25) is 0 Å². The lowest BCUT2D eigenvalue weighted by atomic mass is 9.83. The smallest absolute Gasteiger partial charge is 0.205 e. The predicted molar refractivity (Wildman–Crippen MR) is 79.8 cm³/mol. The van der Waals surface area contributed by atoms with E-state index in [4.69, 9.17) is 10.5 Å². The summed E-state index contributed by atoms with van der Waals surface area (Å²) >= 11 is 3.17. The van der Waals surface area contributed by atoms with Crippen LogP contribution in [0.4, 0.5) is 4.39 Å². The average molecular weight is 345 g/mol. The first-order chi connectivity index (χ1) is 10.1. The number of para-hydroxylation sites is 1. The van der Waals surface area contributed by atoms with Crippen LogP contribution in [0.1, 0.15) is 17.0 Å². The van der Waals surface area contributed by atoms with Crippen molar-refractivity contribution in [3.05, 3.63) is 75.3 Å². The second-order valence-corrected chi connectivity index (χ2v) is 5.49. The van der Waals surface area contributed by atoms with Crippen LogP contribution in [-0.2, 0) is 0 Å². The molecule has 3 rings (SSSR count). The summed E-state index contributed by atoms with van der Waals surface area (Å²) in [6, 6.07) is 14.1.